The van der Waals surface area contributed by atoms with Crippen molar-refractivity contribution in [1.82, 2.24) is 24.9 Å². The zero-order chi connectivity index (χ0) is 19.7. The lowest BCUT2D eigenvalue weighted by Gasteiger charge is -2.39. The van der Waals surface area contributed by atoms with Crippen LogP contribution < -0.4 is 5.32 Å². The van der Waals surface area contributed by atoms with Gasteiger partial charge in [-0.3, -0.25) is 9.67 Å². The third kappa shape index (κ3) is 4.25. The van der Waals surface area contributed by atoms with Gasteiger partial charge in [0.1, 0.15) is 5.60 Å². The number of carbonyl (C=O) groups is 1. The van der Waals surface area contributed by atoms with Crippen LogP contribution in [-0.4, -0.2) is 69.5 Å². The molecule has 1 N–H and O–H groups in total. The van der Waals surface area contributed by atoms with Gasteiger partial charge in [-0.1, -0.05) is 12.8 Å². The number of piperazine rings is 1. The van der Waals surface area contributed by atoms with Crippen molar-refractivity contribution in [3.63, 3.8) is 0 Å². The first-order chi connectivity index (χ1) is 13.4. The number of fused-ring (bicyclic) bond motifs is 1. The van der Waals surface area contributed by atoms with E-state index in [2.05, 4.69) is 32.2 Å². The molecular weight excluding hydrogens is 356 g/mol. The van der Waals surface area contributed by atoms with Gasteiger partial charge in [0.2, 0.25) is 0 Å². The van der Waals surface area contributed by atoms with E-state index in [1.54, 1.807) is 4.90 Å². The van der Waals surface area contributed by atoms with E-state index in [0.717, 1.165) is 18.2 Å². The second kappa shape index (κ2) is 7.64. The predicted molar refractivity (Wildman–Crippen MR) is 107 cm³/mol. The molecule has 0 aromatic carbocycles. The summed E-state index contributed by atoms with van der Waals surface area (Å²) in [7, 11) is 0. The average Bonchev–Trinajstić information content (AvgIpc) is 3.38. The number of nitrogens with zero attached hydrogens (tertiary/aromatic N) is 5. The largest absolute Gasteiger partial charge is 0.444 e. The van der Waals surface area contributed by atoms with E-state index in [1.807, 2.05) is 20.8 Å². The first-order valence-electron chi connectivity index (χ1n) is 10.5. The second-order valence-corrected chi connectivity index (χ2v) is 9.02. The van der Waals surface area contributed by atoms with Gasteiger partial charge in [0.15, 0.2) is 5.96 Å². The summed E-state index contributed by atoms with van der Waals surface area (Å²) in [5, 5.41) is 8.19. The van der Waals surface area contributed by atoms with E-state index in [-0.39, 0.29) is 12.1 Å². The molecule has 3 aliphatic rings. The Labute approximate surface area is 166 Å². The Morgan fingerprint density at radius 1 is 1.25 bits per heavy atom. The zero-order valence-corrected chi connectivity index (χ0v) is 17.2. The topological polar surface area (TPSA) is 75.0 Å². The summed E-state index contributed by atoms with van der Waals surface area (Å²) in [6.07, 6.45) is 6.98. The van der Waals surface area contributed by atoms with Gasteiger partial charge < -0.3 is 19.9 Å². The highest BCUT2D eigenvalue weighted by Crippen LogP contribution is 2.28. The van der Waals surface area contributed by atoms with Crippen molar-refractivity contribution >= 4 is 12.1 Å². The van der Waals surface area contributed by atoms with Crippen molar-refractivity contribution < 1.29 is 9.53 Å². The van der Waals surface area contributed by atoms with Crippen molar-refractivity contribution in [3.8, 4) is 0 Å². The molecule has 1 unspecified atom stereocenters. The molecule has 154 valence electrons. The van der Waals surface area contributed by atoms with E-state index < -0.39 is 5.60 Å². The molecule has 1 aromatic heterocycles. The van der Waals surface area contributed by atoms with Crippen molar-refractivity contribution in [2.45, 2.75) is 70.7 Å². The molecular formula is C20H32N6O2. The maximum absolute atomic E-state index is 12.3. The maximum Gasteiger partial charge on any atom is 0.410 e. The molecule has 1 saturated carbocycles. The Bertz CT molecular complexity index is 731. The molecule has 8 nitrogen and oxygen atoms in total. The lowest BCUT2D eigenvalue weighted by molar-refractivity contribution is 0.0137. The normalized spacial score (nSPS) is 23.0. The zero-order valence-electron chi connectivity index (χ0n) is 17.2. The Balaban J connectivity index is 1.27. The van der Waals surface area contributed by atoms with Gasteiger partial charge >= 0.3 is 6.09 Å². The van der Waals surface area contributed by atoms with Crippen LogP contribution in [0.25, 0.3) is 0 Å². The summed E-state index contributed by atoms with van der Waals surface area (Å²) in [6, 6.07) is 2.89. The number of aliphatic imine (C=N–C) groups is 1. The minimum absolute atomic E-state index is 0.222. The van der Waals surface area contributed by atoms with Crippen molar-refractivity contribution in [3.05, 3.63) is 18.0 Å². The number of nitrogens with one attached hydrogen (secondary N) is 1. The van der Waals surface area contributed by atoms with Gasteiger partial charge in [-0.05, 0) is 39.7 Å². The van der Waals surface area contributed by atoms with Crippen LogP contribution in [0.3, 0.4) is 0 Å². The fraction of sp³-hybridized carbons (Fsp3) is 0.750. The molecule has 2 aliphatic heterocycles. The molecule has 0 radical (unpaired) electrons. The van der Waals surface area contributed by atoms with E-state index >= 15 is 0 Å². The quantitative estimate of drug-likeness (QED) is 0.860. The molecule has 1 saturated heterocycles. The summed E-state index contributed by atoms with van der Waals surface area (Å²) < 4.78 is 7.63. The second-order valence-electron chi connectivity index (χ2n) is 9.02. The molecule has 1 amide bonds. The average molecular weight is 389 g/mol. The SMILES string of the molecule is CC(C)(C)OC(=O)N1CCN2C(NCc3ccn(C4CCCC4)n3)=NCC2C1. The molecule has 0 bridgehead atoms. The first kappa shape index (κ1) is 19.1. The molecule has 1 aromatic rings. The van der Waals surface area contributed by atoms with Gasteiger partial charge in [0, 0.05) is 25.8 Å². The molecule has 1 atom stereocenters. The smallest absolute Gasteiger partial charge is 0.410 e. The number of aromatic nitrogens is 2. The number of amides is 1. The fourth-order valence-electron chi connectivity index (χ4n) is 4.24. The summed E-state index contributed by atoms with van der Waals surface area (Å²) in [5.41, 5.74) is 0.583. The van der Waals surface area contributed by atoms with Crippen molar-refractivity contribution in [1.29, 1.82) is 0 Å². The summed E-state index contributed by atoms with van der Waals surface area (Å²) in [5.74, 6) is 0.921. The highest BCUT2D eigenvalue weighted by molar-refractivity contribution is 5.82. The van der Waals surface area contributed by atoms with Crippen LogP contribution >= 0.6 is 0 Å². The van der Waals surface area contributed by atoms with E-state index in [9.17, 15) is 4.79 Å². The standard InChI is InChI=1S/C20H32N6O2/c1-20(2,3)28-19(27)24-10-11-25-17(14-24)13-22-18(25)21-12-15-8-9-26(23-15)16-6-4-5-7-16/h8-9,16-17H,4-7,10-14H2,1-3H3,(H,21,22). The van der Waals surface area contributed by atoms with Crippen LogP contribution in [0.1, 0.15) is 58.2 Å². The number of rotatable bonds is 3. The number of guanidine groups is 1. The van der Waals surface area contributed by atoms with Crippen LogP contribution in [0.15, 0.2) is 17.3 Å². The number of hydrogen-bond acceptors (Lipinski definition) is 6. The van der Waals surface area contributed by atoms with Crippen LogP contribution in [-0.2, 0) is 11.3 Å². The van der Waals surface area contributed by atoms with Crippen LogP contribution in [0, 0.1) is 0 Å². The Morgan fingerprint density at radius 3 is 2.79 bits per heavy atom. The highest BCUT2D eigenvalue weighted by Gasteiger charge is 2.36. The molecule has 28 heavy (non-hydrogen) atoms. The van der Waals surface area contributed by atoms with Gasteiger partial charge in [0.05, 0.1) is 30.9 Å². The molecule has 3 heterocycles. The van der Waals surface area contributed by atoms with Gasteiger partial charge in [-0.25, -0.2) is 4.79 Å². The number of ether oxygens (including phenoxy) is 1. The summed E-state index contributed by atoms with van der Waals surface area (Å²) >= 11 is 0. The summed E-state index contributed by atoms with van der Waals surface area (Å²) in [4.78, 5) is 21.1. The van der Waals surface area contributed by atoms with E-state index in [4.69, 9.17) is 9.84 Å². The minimum atomic E-state index is -0.463. The molecule has 2 fully saturated rings. The number of carbonyl (C=O) groups excluding carboxylic acids is 1. The maximum atomic E-state index is 12.3. The minimum Gasteiger partial charge on any atom is -0.444 e. The lowest BCUT2D eigenvalue weighted by Crippen LogP contribution is -2.57. The predicted octanol–water partition coefficient (Wildman–Crippen LogP) is 2.38. The Morgan fingerprint density at radius 2 is 2.04 bits per heavy atom. The van der Waals surface area contributed by atoms with Gasteiger partial charge in [-0.2, -0.15) is 5.10 Å². The van der Waals surface area contributed by atoms with Crippen LogP contribution in [0.4, 0.5) is 4.79 Å². The number of hydrogen-bond donors (Lipinski definition) is 1. The summed E-state index contributed by atoms with van der Waals surface area (Å²) in [6.45, 7) is 9.16. The lowest BCUT2D eigenvalue weighted by atomic mass is 10.2. The molecule has 0 spiro atoms. The van der Waals surface area contributed by atoms with Crippen molar-refractivity contribution in [2.75, 3.05) is 26.2 Å². The fourth-order valence-corrected chi connectivity index (χ4v) is 4.24. The molecule has 1 aliphatic carbocycles. The first-order valence-corrected chi connectivity index (χ1v) is 10.5. The van der Waals surface area contributed by atoms with Crippen molar-refractivity contribution in [2.24, 2.45) is 4.99 Å². The van der Waals surface area contributed by atoms with Gasteiger partial charge in [-0.15, -0.1) is 0 Å². The monoisotopic (exact) mass is 388 g/mol. The van der Waals surface area contributed by atoms with Crippen LogP contribution in [0.2, 0.25) is 0 Å². The molecule has 4 rings (SSSR count). The van der Waals surface area contributed by atoms with E-state index in [1.165, 1.54) is 25.7 Å². The third-order valence-electron chi connectivity index (χ3n) is 5.65. The van der Waals surface area contributed by atoms with Gasteiger partial charge in [0.25, 0.3) is 0 Å². The van der Waals surface area contributed by atoms with E-state index in [0.29, 0.717) is 32.2 Å². The Kier molecular flexibility index (Phi) is 5.21. The van der Waals surface area contributed by atoms with Crippen LogP contribution in [0.5, 0.6) is 0 Å². The highest BCUT2D eigenvalue weighted by atomic mass is 16.6. The Hall–Kier alpha value is -2.25. The molecule has 8 heteroatoms. The third-order valence-corrected chi connectivity index (χ3v) is 5.65.